The first-order chi connectivity index (χ1) is 14.4. The molecule has 0 unspecified atom stereocenters. The average Bonchev–Trinajstić information content (AvgIpc) is 3.51. The molecule has 2 amide bonds. The number of hydrogen-bond donors (Lipinski definition) is 0. The fourth-order valence-electron chi connectivity index (χ4n) is 5.66. The third-order valence-electron chi connectivity index (χ3n) is 7.49. The summed E-state index contributed by atoms with van der Waals surface area (Å²) in [6.07, 6.45) is 5.28. The number of amides is 2. The van der Waals surface area contributed by atoms with Gasteiger partial charge in [-0.05, 0) is 61.1 Å². The first-order valence-electron chi connectivity index (χ1n) is 10.7. The van der Waals surface area contributed by atoms with Gasteiger partial charge in [0.1, 0.15) is 0 Å². The van der Waals surface area contributed by atoms with Crippen LogP contribution in [-0.4, -0.2) is 41.6 Å². The van der Waals surface area contributed by atoms with E-state index in [0.29, 0.717) is 17.4 Å². The maximum absolute atomic E-state index is 12.9. The van der Waals surface area contributed by atoms with Gasteiger partial charge in [0.15, 0.2) is 12.4 Å². The van der Waals surface area contributed by atoms with Gasteiger partial charge in [-0.2, -0.15) is 0 Å². The average molecular weight is 407 g/mol. The van der Waals surface area contributed by atoms with E-state index in [2.05, 4.69) is 12.2 Å². The van der Waals surface area contributed by atoms with E-state index in [1.165, 1.54) is 4.90 Å². The second-order valence-electron chi connectivity index (χ2n) is 9.12. The van der Waals surface area contributed by atoms with Crippen LogP contribution in [0.3, 0.4) is 0 Å². The van der Waals surface area contributed by atoms with Gasteiger partial charge in [-0.15, -0.1) is 0 Å². The SMILES string of the molecule is Cc1ccc(C(=O)COC(=O)CCN2C(=O)[C@@H]3[C@@H]4C=C[C@H]([C@H]5C[C@H]45)[C@H]3C2=O)cc1C. The topological polar surface area (TPSA) is 80.8 Å². The zero-order chi connectivity index (χ0) is 21.2. The number of aryl methyl sites for hydroxylation is 2. The molecule has 6 rings (SSSR count). The molecule has 0 radical (unpaired) electrons. The maximum atomic E-state index is 12.9. The number of rotatable bonds is 6. The maximum Gasteiger partial charge on any atom is 0.308 e. The van der Waals surface area contributed by atoms with Crippen molar-refractivity contribution in [1.82, 2.24) is 4.90 Å². The van der Waals surface area contributed by atoms with Crippen molar-refractivity contribution in [2.75, 3.05) is 13.2 Å². The molecular formula is C24H25NO5. The first kappa shape index (κ1) is 19.2. The minimum atomic E-state index is -0.577. The second-order valence-corrected chi connectivity index (χ2v) is 9.12. The number of likely N-dealkylation sites (tertiary alicyclic amines) is 1. The lowest BCUT2D eigenvalue weighted by Crippen LogP contribution is -2.40. The fourth-order valence-corrected chi connectivity index (χ4v) is 5.66. The summed E-state index contributed by atoms with van der Waals surface area (Å²) in [5.74, 6) is -0.180. The van der Waals surface area contributed by atoms with Crippen LogP contribution >= 0.6 is 0 Å². The van der Waals surface area contributed by atoms with Gasteiger partial charge in [0.05, 0.1) is 18.3 Å². The van der Waals surface area contributed by atoms with Gasteiger partial charge in [-0.25, -0.2) is 0 Å². The molecule has 4 aliphatic carbocycles. The lowest BCUT2D eigenvalue weighted by Gasteiger charge is -2.37. The molecule has 1 aromatic rings. The standard InChI is InChI=1S/C24H25NO5/c1-12-3-4-14(9-13(12)2)19(26)11-30-20(27)7-8-25-23(28)21-15-5-6-16(18-10-17(15)18)22(21)24(25)29/h3-6,9,15-18,21-22H,7-8,10-11H2,1-2H3/t15-,16-,17-,18-,21-,22-/m1/s1. The summed E-state index contributed by atoms with van der Waals surface area (Å²) in [5, 5.41) is 0. The minimum absolute atomic E-state index is 0.0239. The van der Waals surface area contributed by atoms with Gasteiger partial charge in [-0.3, -0.25) is 24.1 Å². The number of carbonyl (C=O) groups is 4. The number of allylic oxidation sites excluding steroid dienone is 2. The van der Waals surface area contributed by atoms with E-state index in [4.69, 9.17) is 4.74 Å². The number of ether oxygens (including phenoxy) is 1. The Hall–Kier alpha value is -2.76. The highest BCUT2D eigenvalue weighted by atomic mass is 16.5. The molecule has 1 aliphatic heterocycles. The lowest BCUT2D eigenvalue weighted by atomic mass is 9.63. The van der Waals surface area contributed by atoms with Crippen molar-refractivity contribution in [3.8, 4) is 0 Å². The number of carbonyl (C=O) groups excluding carboxylic acids is 4. The van der Waals surface area contributed by atoms with E-state index in [0.717, 1.165) is 17.5 Å². The molecule has 5 aliphatic rings. The summed E-state index contributed by atoms with van der Waals surface area (Å²) in [6, 6.07) is 5.36. The van der Waals surface area contributed by atoms with Crippen LogP contribution in [0.5, 0.6) is 0 Å². The van der Waals surface area contributed by atoms with Crippen LogP contribution in [0, 0.1) is 49.4 Å². The van der Waals surface area contributed by atoms with E-state index in [9.17, 15) is 19.2 Å². The lowest BCUT2D eigenvalue weighted by molar-refractivity contribution is -0.145. The van der Waals surface area contributed by atoms with Crippen LogP contribution in [0.4, 0.5) is 0 Å². The number of hydrogen-bond acceptors (Lipinski definition) is 5. The quantitative estimate of drug-likeness (QED) is 0.313. The van der Waals surface area contributed by atoms with Crippen LogP contribution < -0.4 is 0 Å². The largest absolute Gasteiger partial charge is 0.457 e. The van der Waals surface area contributed by atoms with Crippen molar-refractivity contribution >= 4 is 23.6 Å². The molecule has 0 N–H and O–H groups in total. The Balaban J connectivity index is 1.15. The summed E-state index contributed by atoms with van der Waals surface area (Å²) in [7, 11) is 0. The van der Waals surface area contributed by atoms with Crippen molar-refractivity contribution in [3.05, 3.63) is 47.0 Å². The number of nitrogens with zero attached hydrogens (tertiary/aromatic N) is 1. The monoisotopic (exact) mass is 407 g/mol. The number of imide groups is 1. The van der Waals surface area contributed by atoms with Gasteiger partial charge in [-0.1, -0.05) is 24.3 Å². The molecule has 156 valence electrons. The summed E-state index contributed by atoms with van der Waals surface area (Å²) in [5.41, 5.74) is 2.59. The minimum Gasteiger partial charge on any atom is -0.457 e. The molecule has 1 heterocycles. The van der Waals surface area contributed by atoms with Crippen LogP contribution in [-0.2, 0) is 19.1 Å². The smallest absolute Gasteiger partial charge is 0.308 e. The Morgan fingerprint density at radius 3 is 2.23 bits per heavy atom. The molecule has 2 bridgehead atoms. The normalized spacial score (nSPS) is 32.8. The predicted molar refractivity (Wildman–Crippen MR) is 107 cm³/mol. The number of ketones is 1. The zero-order valence-electron chi connectivity index (χ0n) is 17.2. The highest BCUT2D eigenvalue weighted by molar-refractivity contribution is 6.06. The molecule has 30 heavy (non-hydrogen) atoms. The van der Waals surface area contributed by atoms with Gasteiger partial charge >= 0.3 is 5.97 Å². The van der Waals surface area contributed by atoms with Crippen LogP contribution in [0.2, 0.25) is 0 Å². The molecular weight excluding hydrogens is 382 g/mol. The molecule has 0 aromatic heterocycles. The molecule has 2 saturated carbocycles. The summed E-state index contributed by atoms with van der Waals surface area (Å²) in [6.45, 7) is 3.57. The number of esters is 1. The number of Topliss-reactive ketones (excluding diaryl/α,β-unsaturated/α-hetero) is 1. The Labute approximate surface area is 175 Å². The Morgan fingerprint density at radius 1 is 1.00 bits per heavy atom. The van der Waals surface area contributed by atoms with E-state index in [1.54, 1.807) is 12.1 Å². The van der Waals surface area contributed by atoms with E-state index >= 15 is 0 Å². The van der Waals surface area contributed by atoms with Crippen LogP contribution in [0.1, 0.15) is 34.3 Å². The van der Waals surface area contributed by atoms with E-state index in [1.807, 2.05) is 19.9 Å². The van der Waals surface area contributed by atoms with Gasteiger partial charge in [0.25, 0.3) is 0 Å². The molecule has 1 aromatic carbocycles. The Bertz CT molecular complexity index is 959. The van der Waals surface area contributed by atoms with E-state index in [-0.39, 0.29) is 60.8 Å². The summed E-state index contributed by atoms with van der Waals surface area (Å²) >= 11 is 0. The Kier molecular flexibility index (Phi) is 4.42. The third-order valence-corrected chi connectivity index (χ3v) is 7.49. The highest BCUT2D eigenvalue weighted by Gasteiger charge is 2.66. The zero-order valence-corrected chi connectivity index (χ0v) is 17.2. The van der Waals surface area contributed by atoms with Crippen LogP contribution in [0.15, 0.2) is 30.4 Å². The van der Waals surface area contributed by atoms with Crippen molar-refractivity contribution in [2.24, 2.45) is 35.5 Å². The molecule has 6 heteroatoms. The molecule has 1 saturated heterocycles. The van der Waals surface area contributed by atoms with Gasteiger partial charge < -0.3 is 4.74 Å². The Morgan fingerprint density at radius 2 is 1.63 bits per heavy atom. The number of benzene rings is 1. The van der Waals surface area contributed by atoms with Crippen molar-refractivity contribution in [2.45, 2.75) is 26.7 Å². The molecule has 6 atom stereocenters. The van der Waals surface area contributed by atoms with Crippen molar-refractivity contribution in [1.29, 1.82) is 0 Å². The predicted octanol–water partition coefficient (Wildman–Crippen LogP) is 2.47. The summed E-state index contributed by atoms with van der Waals surface area (Å²) < 4.78 is 5.11. The fraction of sp³-hybridized carbons (Fsp3) is 0.500. The molecule has 6 nitrogen and oxygen atoms in total. The molecule has 3 fully saturated rings. The second kappa shape index (κ2) is 6.89. The van der Waals surface area contributed by atoms with Gasteiger partial charge in [0, 0.05) is 12.1 Å². The van der Waals surface area contributed by atoms with Crippen LogP contribution in [0.25, 0.3) is 0 Å². The van der Waals surface area contributed by atoms with Crippen molar-refractivity contribution < 1.29 is 23.9 Å². The highest BCUT2D eigenvalue weighted by Crippen LogP contribution is 2.65. The van der Waals surface area contributed by atoms with Gasteiger partial charge in [0.2, 0.25) is 11.8 Å². The van der Waals surface area contributed by atoms with Crippen molar-refractivity contribution in [3.63, 3.8) is 0 Å². The third kappa shape index (κ3) is 2.92. The van der Waals surface area contributed by atoms with E-state index < -0.39 is 5.97 Å². The molecule has 0 spiro atoms. The first-order valence-corrected chi connectivity index (χ1v) is 10.7. The summed E-state index contributed by atoms with van der Waals surface area (Å²) in [4.78, 5) is 51.4.